The summed E-state index contributed by atoms with van der Waals surface area (Å²) in [6.45, 7) is -0.0655. The van der Waals surface area contributed by atoms with Crippen molar-refractivity contribution >= 4 is 22.5 Å². The van der Waals surface area contributed by atoms with Crippen molar-refractivity contribution in [3.05, 3.63) is 93.3 Å². The van der Waals surface area contributed by atoms with Gasteiger partial charge in [0.15, 0.2) is 0 Å². The van der Waals surface area contributed by atoms with Gasteiger partial charge in [0.05, 0.1) is 18.3 Å². The number of hydrogen-bond acceptors (Lipinski definition) is 5. The third-order valence-electron chi connectivity index (χ3n) is 4.06. The van der Waals surface area contributed by atoms with Crippen LogP contribution in [-0.2, 0) is 6.54 Å². The first kappa shape index (κ1) is 16.5. The first-order chi connectivity index (χ1) is 13.1. The fourth-order valence-corrected chi connectivity index (χ4v) is 2.73. The lowest BCUT2D eigenvalue weighted by atomic mass is 10.2. The van der Waals surface area contributed by atoms with Gasteiger partial charge in [0.2, 0.25) is 0 Å². The molecule has 1 aromatic carbocycles. The molecule has 0 bridgehead atoms. The van der Waals surface area contributed by atoms with Crippen LogP contribution in [0.5, 0.6) is 0 Å². The number of aromatic amines is 1. The molecule has 0 aliphatic carbocycles. The Morgan fingerprint density at radius 1 is 1.19 bits per heavy atom. The van der Waals surface area contributed by atoms with Crippen molar-refractivity contribution < 1.29 is 9.21 Å². The van der Waals surface area contributed by atoms with Crippen LogP contribution in [0, 0.1) is 0 Å². The molecule has 2 N–H and O–H groups in total. The van der Waals surface area contributed by atoms with Crippen molar-refractivity contribution in [2.45, 2.75) is 6.54 Å². The number of fused-ring (bicyclic) bond motifs is 1. The van der Waals surface area contributed by atoms with Gasteiger partial charge in [-0.3, -0.25) is 19.1 Å². The van der Waals surface area contributed by atoms with Gasteiger partial charge in [-0.05, 0) is 36.4 Å². The fourth-order valence-electron chi connectivity index (χ4n) is 2.73. The van der Waals surface area contributed by atoms with Crippen molar-refractivity contribution in [3.8, 4) is 0 Å². The molecule has 0 saturated carbocycles. The van der Waals surface area contributed by atoms with Crippen LogP contribution < -0.4 is 16.6 Å². The van der Waals surface area contributed by atoms with Crippen molar-refractivity contribution in [1.82, 2.24) is 14.5 Å². The Morgan fingerprint density at radius 2 is 2.07 bits per heavy atom. The third-order valence-corrected chi connectivity index (χ3v) is 4.06. The maximum Gasteiger partial charge on any atom is 0.328 e. The van der Waals surface area contributed by atoms with Gasteiger partial charge in [0.1, 0.15) is 11.3 Å². The molecule has 4 rings (SSSR count). The summed E-state index contributed by atoms with van der Waals surface area (Å²) in [7, 11) is 0. The highest BCUT2D eigenvalue weighted by Gasteiger charge is 2.16. The molecule has 27 heavy (non-hydrogen) atoms. The van der Waals surface area contributed by atoms with E-state index in [0.29, 0.717) is 11.4 Å². The molecule has 0 spiro atoms. The Hall–Kier alpha value is -3.94. The van der Waals surface area contributed by atoms with Gasteiger partial charge < -0.3 is 14.7 Å². The van der Waals surface area contributed by atoms with Crippen LogP contribution in [0.25, 0.3) is 10.9 Å². The highest BCUT2D eigenvalue weighted by atomic mass is 16.3. The molecule has 3 heterocycles. The maximum atomic E-state index is 12.6. The molecule has 4 aromatic rings. The van der Waals surface area contributed by atoms with E-state index in [1.54, 1.807) is 42.6 Å². The molecule has 134 valence electrons. The number of nitrogens with zero attached hydrogens (tertiary/aromatic N) is 2. The molecule has 0 unspecified atom stereocenters. The molecule has 8 nitrogen and oxygen atoms in total. The average molecular weight is 362 g/mol. The molecule has 0 atom stereocenters. The molecule has 8 heteroatoms. The number of furan rings is 1. The molecule has 0 radical (unpaired) electrons. The van der Waals surface area contributed by atoms with Gasteiger partial charge in [0.25, 0.3) is 11.5 Å². The number of amides is 1. The molecule has 0 aliphatic heterocycles. The second kappa shape index (κ2) is 6.75. The highest BCUT2D eigenvalue weighted by Crippen LogP contribution is 2.17. The molecular weight excluding hydrogens is 348 g/mol. The minimum absolute atomic E-state index is 0.0655. The van der Waals surface area contributed by atoms with Gasteiger partial charge in [-0.15, -0.1) is 0 Å². The Labute approximate surface area is 152 Å². The average Bonchev–Trinajstić information content (AvgIpc) is 3.18. The standard InChI is InChI=1S/C19H14N4O4/c24-17(22-13-5-6-16-12(9-13)3-1-7-20-16)15-10-21-19(26)23(18(15)25)11-14-4-2-8-27-14/h1-10H,11H2,(H,21,26)(H,22,24). The van der Waals surface area contributed by atoms with Crippen LogP contribution in [0.3, 0.4) is 0 Å². The molecular formula is C19H14N4O4. The summed E-state index contributed by atoms with van der Waals surface area (Å²) in [5.41, 5.74) is -0.184. The summed E-state index contributed by atoms with van der Waals surface area (Å²) < 4.78 is 6.08. The van der Waals surface area contributed by atoms with Crippen LogP contribution in [-0.4, -0.2) is 20.4 Å². The number of aromatic nitrogens is 3. The van der Waals surface area contributed by atoms with Gasteiger partial charge in [-0.25, -0.2) is 4.79 Å². The topological polar surface area (TPSA) is 110 Å². The van der Waals surface area contributed by atoms with Gasteiger partial charge in [-0.1, -0.05) is 6.07 Å². The molecule has 0 aliphatic rings. The number of carbonyl (C=O) groups is 1. The molecule has 0 fully saturated rings. The fraction of sp³-hybridized carbons (Fsp3) is 0.0526. The zero-order valence-electron chi connectivity index (χ0n) is 14.0. The number of nitrogens with one attached hydrogen (secondary N) is 2. The van der Waals surface area contributed by atoms with Crippen molar-refractivity contribution in [3.63, 3.8) is 0 Å². The lowest BCUT2D eigenvalue weighted by molar-refractivity contribution is 0.102. The molecule has 1 amide bonds. The number of carbonyl (C=O) groups excluding carboxylic acids is 1. The van der Waals surface area contributed by atoms with Crippen molar-refractivity contribution in [1.29, 1.82) is 0 Å². The summed E-state index contributed by atoms with van der Waals surface area (Å²) in [5, 5.41) is 3.52. The predicted octanol–water partition coefficient (Wildman–Crippen LogP) is 1.98. The van der Waals surface area contributed by atoms with E-state index in [2.05, 4.69) is 15.3 Å². The number of rotatable bonds is 4. The number of benzene rings is 1. The monoisotopic (exact) mass is 362 g/mol. The lowest BCUT2D eigenvalue weighted by Gasteiger charge is -2.08. The SMILES string of the molecule is O=C(Nc1ccc2ncccc2c1)c1c[nH]c(=O)n(Cc2ccco2)c1=O. The van der Waals surface area contributed by atoms with Crippen LogP contribution in [0.15, 0.2) is 75.1 Å². The number of anilines is 1. The van der Waals surface area contributed by atoms with E-state index in [1.807, 2.05) is 6.07 Å². The van der Waals surface area contributed by atoms with Crippen LogP contribution >= 0.6 is 0 Å². The summed E-state index contributed by atoms with van der Waals surface area (Å²) in [5.74, 6) is -0.185. The van der Waals surface area contributed by atoms with E-state index in [1.165, 1.54) is 6.26 Å². The van der Waals surface area contributed by atoms with E-state index < -0.39 is 17.2 Å². The summed E-state index contributed by atoms with van der Waals surface area (Å²) >= 11 is 0. The van der Waals surface area contributed by atoms with Crippen LogP contribution in [0.1, 0.15) is 16.1 Å². The first-order valence-corrected chi connectivity index (χ1v) is 8.13. The normalized spacial score (nSPS) is 10.8. The zero-order chi connectivity index (χ0) is 18.8. The maximum absolute atomic E-state index is 12.6. The van der Waals surface area contributed by atoms with E-state index in [0.717, 1.165) is 21.7 Å². The predicted molar refractivity (Wildman–Crippen MR) is 98.8 cm³/mol. The van der Waals surface area contributed by atoms with Crippen LogP contribution in [0.2, 0.25) is 0 Å². The van der Waals surface area contributed by atoms with E-state index in [4.69, 9.17) is 4.42 Å². The minimum Gasteiger partial charge on any atom is -0.467 e. The third kappa shape index (κ3) is 3.28. The zero-order valence-corrected chi connectivity index (χ0v) is 14.0. The van der Waals surface area contributed by atoms with E-state index in [-0.39, 0.29) is 12.1 Å². The Morgan fingerprint density at radius 3 is 2.89 bits per heavy atom. The minimum atomic E-state index is -0.699. The van der Waals surface area contributed by atoms with Crippen LogP contribution in [0.4, 0.5) is 5.69 Å². The van der Waals surface area contributed by atoms with Crippen molar-refractivity contribution in [2.24, 2.45) is 0 Å². The number of pyridine rings is 1. The Bertz CT molecular complexity index is 1240. The van der Waals surface area contributed by atoms with Gasteiger partial charge in [0, 0.05) is 23.5 Å². The van der Waals surface area contributed by atoms with Crippen molar-refractivity contribution in [2.75, 3.05) is 5.32 Å². The molecule has 3 aromatic heterocycles. The number of hydrogen-bond donors (Lipinski definition) is 2. The lowest BCUT2D eigenvalue weighted by Crippen LogP contribution is -2.39. The van der Waals surface area contributed by atoms with E-state index >= 15 is 0 Å². The highest BCUT2D eigenvalue weighted by molar-refractivity contribution is 6.04. The summed E-state index contributed by atoms with van der Waals surface area (Å²) in [4.78, 5) is 43.7. The number of H-pyrrole nitrogens is 1. The second-order valence-electron chi connectivity index (χ2n) is 5.84. The smallest absolute Gasteiger partial charge is 0.328 e. The first-order valence-electron chi connectivity index (χ1n) is 8.13. The Balaban J connectivity index is 1.65. The summed E-state index contributed by atoms with van der Waals surface area (Å²) in [6.07, 6.45) is 4.24. The quantitative estimate of drug-likeness (QED) is 0.577. The van der Waals surface area contributed by atoms with Gasteiger partial charge in [-0.2, -0.15) is 0 Å². The summed E-state index contributed by atoms with van der Waals surface area (Å²) in [6, 6.07) is 12.2. The molecule has 0 saturated heterocycles. The second-order valence-corrected chi connectivity index (χ2v) is 5.84. The van der Waals surface area contributed by atoms with Gasteiger partial charge >= 0.3 is 5.69 Å². The Kier molecular flexibility index (Phi) is 4.13. The largest absolute Gasteiger partial charge is 0.467 e. The van der Waals surface area contributed by atoms with E-state index in [9.17, 15) is 14.4 Å².